The fourth-order valence-electron chi connectivity index (χ4n) is 10.7. The number of benzene rings is 3. The Balaban J connectivity index is 0.653. The summed E-state index contributed by atoms with van der Waals surface area (Å²) in [5, 5.41) is 8.10. The van der Waals surface area contributed by atoms with Crippen LogP contribution in [0.5, 0.6) is 11.5 Å². The van der Waals surface area contributed by atoms with E-state index in [0.29, 0.717) is 53.2 Å². The minimum atomic E-state index is -0.612. The Bertz CT molecular complexity index is 2700. The van der Waals surface area contributed by atoms with Gasteiger partial charge in [0.2, 0.25) is 11.8 Å². The highest BCUT2D eigenvalue weighted by atomic mass is 16.5. The van der Waals surface area contributed by atoms with Crippen molar-refractivity contribution in [1.29, 1.82) is 0 Å². The molecule has 11 rings (SSSR count). The third-order valence-corrected chi connectivity index (χ3v) is 14.4. The molecule has 6 aliphatic heterocycles. The van der Waals surface area contributed by atoms with Crippen LogP contribution in [0.25, 0.3) is 28.5 Å². The summed E-state index contributed by atoms with van der Waals surface area (Å²) in [6, 6.07) is 23.8. The van der Waals surface area contributed by atoms with Crippen molar-refractivity contribution in [3.63, 3.8) is 0 Å². The summed E-state index contributed by atoms with van der Waals surface area (Å²) >= 11 is 0. The van der Waals surface area contributed by atoms with E-state index in [1.807, 2.05) is 81.2 Å². The Kier molecular flexibility index (Phi) is 11.1. The van der Waals surface area contributed by atoms with E-state index >= 15 is 0 Å². The molecule has 0 saturated carbocycles. The van der Waals surface area contributed by atoms with E-state index in [2.05, 4.69) is 42.3 Å². The number of nitrogens with zero attached hydrogens (tertiary/aromatic N) is 10. The number of piperazine rings is 1. The predicted octanol–water partition coefficient (Wildman–Crippen LogP) is 4.66. The molecule has 6 aliphatic rings. The van der Waals surface area contributed by atoms with Crippen LogP contribution in [-0.4, -0.2) is 152 Å². The van der Waals surface area contributed by atoms with Crippen molar-refractivity contribution in [2.45, 2.75) is 63.2 Å². The number of hydrogen-bond donors (Lipinski definition) is 2. The van der Waals surface area contributed by atoms with Crippen molar-refractivity contribution in [3.8, 4) is 22.8 Å². The number of piperidine rings is 3. The number of nitrogens with two attached hydrogens (primary N) is 1. The van der Waals surface area contributed by atoms with Crippen LogP contribution in [0, 0.1) is 0 Å². The molecule has 340 valence electrons. The van der Waals surface area contributed by atoms with E-state index in [1.54, 1.807) is 4.90 Å². The van der Waals surface area contributed by atoms with Crippen LogP contribution in [0.4, 0.5) is 16.3 Å². The highest BCUT2D eigenvalue weighted by Gasteiger charge is 2.41. The number of urea groups is 1. The molecule has 3 aromatic carbocycles. The number of ether oxygens (including phenoxy) is 1. The van der Waals surface area contributed by atoms with Gasteiger partial charge in [0.15, 0.2) is 5.65 Å². The van der Waals surface area contributed by atoms with E-state index < -0.39 is 6.04 Å². The lowest BCUT2D eigenvalue weighted by atomic mass is 9.99. The molecule has 0 radical (unpaired) electrons. The van der Waals surface area contributed by atoms with Gasteiger partial charge in [0.05, 0.1) is 5.39 Å². The quantitative estimate of drug-likeness (QED) is 0.207. The topological polar surface area (TPSA) is 179 Å². The number of aromatic nitrogens is 4. The number of nitrogens with one attached hydrogen (secondary N) is 1. The number of amides is 5. The lowest BCUT2D eigenvalue weighted by Gasteiger charge is -2.49. The molecule has 17 nitrogen and oxygen atoms in total. The Morgan fingerprint density at radius 3 is 2.32 bits per heavy atom. The average molecular weight is 891 g/mol. The van der Waals surface area contributed by atoms with Crippen molar-refractivity contribution >= 4 is 52.5 Å². The molecular formula is C49H54N12O5. The standard InChI is InChI=1S/C49H54N12O5/c50-45-43-44(33-8-11-39(12-9-33)66-38-6-2-1-3-7-38)54-61(46(43)52-31-51-45)27-32-5-4-18-58(26-32)37-29-59(30-37)49(65)57-19-16-35(17-20-57)55-21-23-56(24-22-55)36-10-13-40-34(25-36)28-60(48(40)64)41-14-15-42(62)53-47(41)63/h1-3,6-13,25,27,31,35,37,41H,4-5,14-24,26,28-30H2,(H2,50,51,52)(H,53,62,63). The monoisotopic (exact) mass is 890 g/mol. The SMILES string of the molecule is Nc1ncnc2c1c(-c1ccc(Oc3ccccc3)cc1)nn2C=C1CCCN(C2CN(C(=O)N3CCC(N4CCN(c5ccc6c(c5)CN(C5CCC(=O)NC5=O)C6=O)CC4)CC3)C2)C1. The molecule has 0 spiro atoms. The summed E-state index contributed by atoms with van der Waals surface area (Å²) in [5.41, 5.74) is 12.6. The van der Waals surface area contributed by atoms with Crippen LogP contribution < -0.4 is 20.7 Å². The maximum absolute atomic E-state index is 13.7. The molecule has 0 aliphatic carbocycles. The second-order valence-electron chi connectivity index (χ2n) is 18.4. The zero-order valence-electron chi connectivity index (χ0n) is 36.9. The summed E-state index contributed by atoms with van der Waals surface area (Å²) in [4.78, 5) is 73.1. The molecule has 17 heteroatoms. The van der Waals surface area contributed by atoms with Gasteiger partial charge in [-0.25, -0.2) is 19.4 Å². The molecule has 3 N–H and O–H groups in total. The molecule has 5 aromatic rings. The van der Waals surface area contributed by atoms with Crippen molar-refractivity contribution in [2.24, 2.45) is 0 Å². The molecule has 0 bridgehead atoms. The van der Waals surface area contributed by atoms with Gasteiger partial charge in [-0.15, -0.1) is 0 Å². The average Bonchev–Trinajstić information content (AvgIpc) is 3.86. The van der Waals surface area contributed by atoms with Crippen LogP contribution in [0.1, 0.15) is 54.4 Å². The summed E-state index contributed by atoms with van der Waals surface area (Å²) in [6.07, 6.45) is 8.11. The molecule has 8 heterocycles. The largest absolute Gasteiger partial charge is 0.457 e. The second kappa shape index (κ2) is 17.5. The van der Waals surface area contributed by atoms with Gasteiger partial charge in [-0.3, -0.25) is 29.5 Å². The van der Waals surface area contributed by atoms with Crippen LogP contribution in [-0.2, 0) is 16.1 Å². The summed E-state index contributed by atoms with van der Waals surface area (Å²) < 4.78 is 7.85. The van der Waals surface area contributed by atoms with Crippen LogP contribution >= 0.6 is 0 Å². The number of anilines is 2. The maximum Gasteiger partial charge on any atom is 0.320 e. The second-order valence-corrected chi connectivity index (χ2v) is 18.4. The van der Waals surface area contributed by atoms with Gasteiger partial charge >= 0.3 is 6.03 Å². The van der Waals surface area contributed by atoms with Crippen LogP contribution in [0.15, 0.2) is 84.7 Å². The third-order valence-electron chi connectivity index (χ3n) is 14.4. The smallest absolute Gasteiger partial charge is 0.320 e. The molecular weight excluding hydrogens is 837 g/mol. The van der Waals surface area contributed by atoms with Gasteiger partial charge in [0.25, 0.3) is 5.91 Å². The first-order chi connectivity index (χ1) is 32.2. The van der Waals surface area contributed by atoms with Gasteiger partial charge in [-0.2, -0.15) is 5.10 Å². The lowest BCUT2D eigenvalue weighted by Crippen LogP contribution is -2.65. The number of carbonyl (C=O) groups excluding carboxylic acids is 4. The Morgan fingerprint density at radius 2 is 1.55 bits per heavy atom. The summed E-state index contributed by atoms with van der Waals surface area (Å²) in [5.74, 6) is 1.06. The minimum absolute atomic E-state index is 0.147. The molecule has 1 atom stereocenters. The molecule has 2 aromatic heterocycles. The number of carbonyl (C=O) groups is 4. The first-order valence-corrected chi connectivity index (χ1v) is 23.3. The van der Waals surface area contributed by atoms with E-state index in [-0.39, 0.29) is 30.2 Å². The van der Waals surface area contributed by atoms with E-state index in [0.717, 1.165) is 119 Å². The van der Waals surface area contributed by atoms with E-state index in [1.165, 1.54) is 11.9 Å². The number of hydrogen-bond acceptors (Lipinski definition) is 12. The number of rotatable bonds is 8. The van der Waals surface area contributed by atoms with Crippen molar-refractivity contribution < 1.29 is 23.9 Å². The Hall–Kier alpha value is -6.85. The third kappa shape index (κ3) is 8.10. The fourth-order valence-corrected chi connectivity index (χ4v) is 10.7. The molecule has 1 unspecified atom stereocenters. The minimum Gasteiger partial charge on any atom is -0.457 e. The maximum atomic E-state index is 13.7. The zero-order chi connectivity index (χ0) is 44.9. The van der Waals surface area contributed by atoms with Gasteiger partial charge in [-0.1, -0.05) is 18.2 Å². The number of imide groups is 1. The Morgan fingerprint density at radius 1 is 0.773 bits per heavy atom. The van der Waals surface area contributed by atoms with Gasteiger partial charge < -0.3 is 30.1 Å². The number of nitrogen functional groups attached to an aromatic ring is 1. The molecule has 5 amide bonds. The molecule has 5 saturated heterocycles. The number of fused-ring (bicyclic) bond motifs is 2. The van der Waals surface area contributed by atoms with Crippen molar-refractivity contribution in [1.82, 2.24) is 49.6 Å². The lowest BCUT2D eigenvalue weighted by molar-refractivity contribution is -0.136. The first-order valence-electron chi connectivity index (χ1n) is 23.3. The number of para-hydroxylation sites is 1. The van der Waals surface area contributed by atoms with Crippen molar-refractivity contribution in [3.05, 3.63) is 95.8 Å². The van der Waals surface area contributed by atoms with Crippen molar-refractivity contribution in [2.75, 3.05) is 76.1 Å². The number of likely N-dealkylation sites (tertiary alicyclic amines) is 3. The first kappa shape index (κ1) is 41.8. The van der Waals surface area contributed by atoms with E-state index in [9.17, 15) is 19.2 Å². The summed E-state index contributed by atoms with van der Waals surface area (Å²) in [6.45, 7) is 8.84. The molecule has 66 heavy (non-hydrogen) atoms. The highest BCUT2D eigenvalue weighted by molar-refractivity contribution is 6.05. The van der Waals surface area contributed by atoms with Gasteiger partial charge in [0, 0.05) is 107 Å². The van der Waals surface area contributed by atoms with Gasteiger partial charge in [0.1, 0.15) is 35.4 Å². The predicted molar refractivity (Wildman–Crippen MR) is 248 cm³/mol. The van der Waals surface area contributed by atoms with Gasteiger partial charge in [-0.05, 0) is 104 Å². The van der Waals surface area contributed by atoms with E-state index in [4.69, 9.17) is 15.6 Å². The fraction of sp³-hybridized carbons (Fsp3) is 0.408. The Labute approximate surface area is 382 Å². The van der Waals surface area contributed by atoms with Crippen LogP contribution in [0.3, 0.4) is 0 Å². The summed E-state index contributed by atoms with van der Waals surface area (Å²) in [7, 11) is 0. The molecule has 5 fully saturated rings. The zero-order valence-corrected chi connectivity index (χ0v) is 36.9. The normalized spacial score (nSPS) is 22.0. The van der Waals surface area contributed by atoms with Crippen LogP contribution in [0.2, 0.25) is 0 Å². The highest BCUT2D eigenvalue weighted by Crippen LogP contribution is 2.35.